The van der Waals surface area contributed by atoms with Crippen LogP contribution < -0.4 is 10.2 Å². The third-order valence-electron chi connectivity index (χ3n) is 4.89. The number of pyridine rings is 1. The van der Waals surface area contributed by atoms with E-state index in [1.165, 1.54) is 19.3 Å². The Kier molecular flexibility index (Phi) is 6.13. The first-order chi connectivity index (χ1) is 12.1. The number of likely N-dealkylation sites (tertiary alicyclic amines) is 1. The average molecular weight is 346 g/mol. The van der Waals surface area contributed by atoms with Crippen molar-refractivity contribution in [3.8, 4) is 0 Å². The zero-order chi connectivity index (χ0) is 17.6. The fourth-order valence-corrected chi connectivity index (χ4v) is 3.67. The van der Waals surface area contributed by atoms with Gasteiger partial charge in [-0.05, 0) is 38.8 Å². The maximum atomic E-state index is 12.5. The van der Waals surface area contributed by atoms with Crippen molar-refractivity contribution < 1.29 is 9.53 Å². The molecule has 3 rings (SSSR count). The summed E-state index contributed by atoms with van der Waals surface area (Å²) >= 11 is 0. The Morgan fingerprint density at radius 1 is 1.08 bits per heavy atom. The lowest BCUT2D eigenvalue weighted by molar-refractivity contribution is -0.00545. The molecule has 3 heterocycles. The van der Waals surface area contributed by atoms with Gasteiger partial charge in [0.2, 0.25) is 0 Å². The minimum Gasteiger partial charge on any atom is -0.372 e. The number of hydrogen-bond acceptors (Lipinski definition) is 4. The van der Waals surface area contributed by atoms with Crippen LogP contribution in [0.2, 0.25) is 0 Å². The van der Waals surface area contributed by atoms with Gasteiger partial charge in [0.1, 0.15) is 5.82 Å². The van der Waals surface area contributed by atoms with Crippen LogP contribution in [0.25, 0.3) is 0 Å². The van der Waals surface area contributed by atoms with Crippen LogP contribution in [0.5, 0.6) is 0 Å². The van der Waals surface area contributed by atoms with Crippen LogP contribution >= 0.6 is 0 Å². The molecule has 0 spiro atoms. The SMILES string of the molecule is C[C@@H]1CN(c2ccc(NC(=O)N3CCCCCCC3)cn2)C[C@H](C)O1. The van der Waals surface area contributed by atoms with Gasteiger partial charge >= 0.3 is 6.03 Å². The topological polar surface area (TPSA) is 57.7 Å². The second kappa shape index (κ2) is 8.52. The molecular weight excluding hydrogens is 316 g/mol. The molecule has 1 aromatic rings. The van der Waals surface area contributed by atoms with Gasteiger partial charge in [0.25, 0.3) is 0 Å². The van der Waals surface area contributed by atoms with Gasteiger partial charge in [0.15, 0.2) is 0 Å². The number of amides is 2. The first-order valence-electron chi connectivity index (χ1n) is 9.54. The smallest absolute Gasteiger partial charge is 0.321 e. The van der Waals surface area contributed by atoms with Gasteiger partial charge in [-0.15, -0.1) is 0 Å². The third kappa shape index (κ3) is 5.08. The maximum Gasteiger partial charge on any atom is 0.321 e. The lowest BCUT2D eigenvalue weighted by Crippen LogP contribution is -2.45. The quantitative estimate of drug-likeness (QED) is 0.890. The van der Waals surface area contributed by atoms with E-state index in [0.29, 0.717) is 0 Å². The number of carbonyl (C=O) groups excluding carboxylic acids is 1. The zero-order valence-corrected chi connectivity index (χ0v) is 15.4. The van der Waals surface area contributed by atoms with E-state index in [2.05, 4.69) is 29.0 Å². The standard InChI is InChI=1S/C19H30N4O2/c1-15-13-23(14-16(2)25-15)18-9-8-17(12-20-18)21-19(24)22-10-6-4-3-5-7-11-22/h8-9,12,15-16H,3-7,10-11,13-14H2,1-2H3,(H,21,24)/t15-,16+. The summed E-state index contributed by atoms with van der Waals surface area (Å²) in [6, 6.07) is 3.91. The van der Waals surface area contributed by atoms with Crippen molar-refractivity contribution in [1.29, 1.82) is 0 Å². The molecule has 6 heteroatoms. The Balaban J connectivity index is 1.57. The molecule has 1 aromatic heterocycles. The number of hydrogen-bond donors (Lipinski definition) is 1. The van der Waals surface area contributed by atoms with Crippen LogP contribution in [0.1, 0.15) is 46.0 Å². The van der Waals surface area contributed by atoms with Gasteiger partial charge in [-0.25, -0.2) is 9.78 Å². The molecule has 0 saturated carbocycles. The number of aromatic nitrogens is 1. The second-order valence-corrected chi connectivity index (χ2v) is 7.25. The predicted molar refractivity (Wildman–Crippen MR) is 100 cm³/mol. The van der Waals surface area contributed by atoms with Crippen molar-refractivity contribution in [3.63, 3.8) is 0 Å². The Hall–Kier alpha value is -1.82. The number of morpholine rings is 1. The second-order valence-electron chi connectivity index (χ2n) is 7.25. The van der Waals surface area contributed by atoms with Crippen LogP contribution in [0.4, 0.5) is 16.3 Å². The lowest BCUT2D eigenvalue weighted by atomic mass is 10.1. The number of ether oxygens (including phenoxy) is 1. The summed E-state index contributed by atoms with van der Waals surface area (Å²) in [5.41, 5.74) is 0.755. The van der Waals surface area contributed by atoms with E-state index < -0.39 is 0 Å². The molecule has 1 N–H and O–H groups in total. The highest BCUT2D eigenvalue weighted by atomic mass is 16.5. The molecule has 2 saturated heterocycles. The van der Waals surface area contributed by atoms with Crippen molar-refractivity contribution in [1.82, 2.24) is 9.88 Å². The Labute approximate surface area is 150 Å². The number of carbonyl (C=O) groups is 1. The molecular formula is C19H30N4O2. The van der Waals surface area contributed by atoms with Gasteiger partial charge in [-0.3, -0.25) is 0 Å². The highest BCUT2D eigenvalue weighted by Gasteiger charge is 2.23. The van der Waals surface area contributed by atoms with E-state index in [1.54, 1.807) is 6.20 Å². The minimum atomic E-state index is -0.00920. The van der Waals surface area contributed by atoms with Crippen LogP contribution in [0.3, 0.4) is 0 Å². The molecule has 2 aliphatic heterocycles. The Morgan fingerprint density at radius 3 is 2.32 bits per heavy atom. The third-order valence-corrected chi connectivity index (χ3v) is 4.89. The van der Waals surface area contributed by atoms with Crippen molar-refractivity contribution in [2.75, 3.05) is 36.4 Å². The number of urea groups is 1. The zero-order valence-electron chi connectivity index (χ0n) is 15.4. The van der Waals surface area contributed by atoms with Gasteiger partial charge in [0, 0.05) is 26.2 Å². The molecule has 0 unspecified atom stereocenters. The molecule has 2 amide bonds. The van der Waals surface area contributed by atoms with Crippen molar-refractivity contribution in [3.05, 3.63) is 18.3 Å². The Morgan fingerprint density at radius 2 is 1.72 bits per heavy atom. The van der Waals surface area contributed by atoms with Gasteiger partial charge < -0.3 is 19.9 Å². The van der Waals surface area contributed by atoms with E-state index in [9.17, 15) is 4.79 Å². The summed E-state index contributed by atoms with van der Waals surface area (Å²) in [5.74, 6) is 0.936. The summed E-state index contributed by atoms with van der Waals surface area (Å²) in [6.07, 6.45) is 8.08. The summed E-state index contributed by atoms with van der Waals surface area (Å²) in [5, 5.41) is 2.99. The fourth-order valence-electron chi connectivity index (χ4n) is 3.67. The van der Waals surface area contributed by atoms with E-state index in [0.717, 1.165) is 50.5 Å². The molecule has 0 aliphatic carbocycles. The predicted octanol–water partition coefficient (Wildman–Crippen LogP) is 3.49. The molecule has 2 atom stereocenters. The first kappa shape index (κ1) is 18.0. The molecule has 6 nitrogen and oxygen atoms in total. The normalized spacial score (nSPS) is 25.2. The van der Waals surface area contributed by atoms with E-state index in [4.69, 9.17) is 4.74 Å². The van der Waals surface area contributed by atoms with Gasteiger partial charge in [0.05, 0.1) is 24.1 Å². The van der Waals surface area contributed by atoms with Crippen LogP contribution in [0, 0.1) is 0 Å². The molecule has 0 aromatic carbocycles. The molecule has 2 aliphatic rings. The van der Waals surface area contributed by atoms with E-state index in [1.807, 2.05) is 17.0 Å². The van der Waals surface area contributed by atoms with Gasteiger partial charge in [-0.1, -0.05) is 19.3 Å². The summed E-state index contributed by atoms with van der Waals surface area (Å²) < 4.78 is 5.77. The summed E-state index contributed by atoms with van der Waals surface area (Å²) in [7, 11) is 0. The molecule has 2 fully saturated rings. The van der Waals surface area contributed by atoms with Crippen LogP contribution in [-0.4, -0.2) is 54.3 Å². The van der Waals surface area contributed by atoms with Crippen molar-refractivity contribution >= 4 is 17.5 Å². The van der Waals surface area contributed by atoms with Crippen molar-refractivity contribution in [2.45, 2.75) is 58.2 Å². The molecule has 0 bridgehead atoms. The highest BCUT2D eigenvalue weighted by Crippen LogP contribution is 2.20. The lowest BCUT2D eigenvalue weighted by Gasteiger charge is -2.36. The van der Waals surface area contributed by atoms with Crippen molar-refractivity contribution in [2.24, 2.45) is 0 Å². The number of rotatable bonds is 2. The van der Waals surface area contributed by atoms with Gasteiger partial charge in [-0.2, -0.15) is 0 Å². The molecule has 138 valence electrons. The Bertz CT molecular complexity index is 545. The molecule has 0 radical (unpaired) electrons. The largest absolute Gasteiger partial charge is 0.372 e. The summed E-state index contributed by atoms with van der Waals surface area (Å²) in [4.78, 5) is 21.2. The average Bonchev–Trinajstić information content (AvgIpc) is 2.54. The number of anilines is 2. The van der Waals surface area contributed by atoms with Crippen LogP contribution in [-0.2, 0) is 4.74 Å². The first-order valence-corrected chi connectivity index (χ1v) is 9.54. The minimum absolute atomic E-state index is 0.00920. The summed E-state index contributed by atoms with van der Waals surface area (Å²) in [6.45, 7) is 7.55. The highest BCUT2D eigenvalue weighted by molar-refractivity contribution is 5.89. The fraction of sp³-hybridized carbons (Fsp3) is 0.684. The van der Waals surface area contributed by atoms with E-state index >= 15 is 0 Å². The number of nitrogens with zero attached hydrogens (tertiary/aromatic N) is 3. The maximum absolute atomic E-state index is 12.5. The molecule has 25 heavy (non-hydrogen) atoms. The monoisotopic (exact) mass is 346 g/mol. The van der Waals surface area contributed by atoms with Crippen LogP contribution in [0.15, 0.2) is 18.3 Å². The van der Waals surface area contributed by atoms with E-state index in [-0.39, 0.29) is 18.2 Å². The number of nitrogens with one attached hydrogen (secondary N) is 1.